The number of phenols is 1. The van der Waals surface area contributed by atoms with Crippen molar-refractivity contribution >= 4 is 34.2 Å². The van der Waals surface area contributed by atoms with Gasteiger partial charge in [-0.2, -0.15) is 10.2 Å². The largest absolute Gasteiger partial charge is 0.506 e. The zero-order chi connectivity index (χ0) is 18.5. The number of carbonyl (C=O) groups excluding carboxylic acids is 1. The van der Waals surface area contributed by atoms with Crippen LogP contribution in [0, 0.1) is 3.57 Å². The van der Waals surface area contributed by atoms with E-state index in [1.165, 1.54) is 13.5 Å². The van der Waals surface area contributed by atoms with E-state index in [2.05, 4.69) is 19.9 Å². The Morgan fingerprint density at radius 3 is 2.73 bits per heavy atom. The Labute approximate surface area is 162 Å². The summed E-state index contributed by atoms with van der Waals surface area (Å²) in [6, 6.07) is 10.7. The van der Waals surface area contributed by atoms with E-state index in [1.807, 2.05) is 46.9 Å². The van der Waals surface area contributed by atoms with Crippen molar-refractivity contribution in [2.24, 2.45) is 10.2 Å². The van der Waals surface area contributed by atoms with Crippen molar-refractivity contribution in [2.45, 2.75) is 6.54 Å². The molecule has 0 aliphatic carbocycles. The highest BCUT2D eigenvalue weighted by Crippen LogP contribution is 2.27. The van der Waals surface area contributed by atoms with Gasteiger partial charge in [0.25, 0.3) is 0 Å². The minimum Gasteiger partial charge on any atom is -0.506 e. The van der Waals surface area contributed by atoms with E-state index in [0.29, 0.717) is 15.0 Å². The molecule has 2 aromatic carbocycles. The lowest BCUT2D eigenvalue weighted by molar-refractivity contribution is 0.0597. The van der Waals surface area contributed by atoms with E-state index in [4.69, 9.17) is 4.42 Å². The molecule has 0 saturated heterocycles. The molecule has 0 aliphatic rings. The quantitative estimate of drug-likeness (QED) is 0.336. The average Bonchev–Trinajstić information content (AvgIpc) is 3.19. The van der Waals surface area contributed by atoms with Crippen LogP contribution in [0.1, 0.15) is 15.9 Å². The van der Waals surface area contributed by atoms with Crippen molar-refractivity contribution in [1.29, 1.82) is 0 Å². The molecule has 3 rings (SSSR count). The fourth-order valence-electron chi connectivity index (χ4n) is 2.26. The second-order valence-corrected chi connectivity index (χ2v) is 6.44. The van der Waals surface area contributed by atoms with E-state index < -0.39 is 5.97 Å². The Kier molecular flexibility index (Phi) is 5.61. The predicted molar refractivity (Wildman–Crippen MR) is 102 cm³/mol. The minimum atomic E-state index is -0.595. The fraction of sp³-hybridized carbons (Fsp3) is 0.111. The molecule has 0 amide bonds. The summed E-state index contributed by atoms with van der Waals surface area (Å²) in [6.45, 7) is 0.268. The van der Waals surface area contributed by atoms with Gasteiger partial charge >= 0.3 is 5.97 Å². The van der Waals surface area contributed by atoms with Gasteiger partial charge in [-0.25, -0.2) is 9.78 Å². The van der Waals surface area contributed by atoms with Crippen LogP contribution in [0.15, 0.2) is 63.6 Å². The normalized spacial score (nSPS) is 11.0. The van der Waals surface area contributed by atoms with Gasteiger partial charge in [0.2, 0.25) is 0 Å². The number of esters is 1. The Morgan fingerprint density at radius 1 is 1.31 bits per heavy atom. The molecule has 26 heavy (non-hydrogen) atoms. The molecule has 3 aromatic rings. The van der Waals surface area contributed by atoms with E-state index in [-0.39, 0.29) is 17.9 Å². The molecule has 0 unspecified atom stereocenters. The van der Waals surface area contributed by atoms with Gasteiger partial charge in [0.1, 0.15) is 11.3 Å². The maximum Gasteiger partial charge on any atom is 0.341 e. The van der Waals surface area contributed by atoms with Crippen LogP contribution in [-0.4, -0.2) is 23.2 Å². The molecule has 132 valence electrons. The number of carbonyl (C=O) groups is 1. The van der Waals surface area contributed by atoms with E-state index in [9.17, 15) is 9.90 Å². The van der Waals surface area contributed by atoms with Crippen molar-refractivity contribution in [2.75, 3.05) is 7.11 Å². The van der Waals surface area contributed by atoms with E-state index in [0.717, 1.165) is 11.1 Å². The molecule has 0 saturated carbocycles. The van der Waals surface area contributed by atoms with Gasteiger partial charge in [-0.3, -0.25) is 0 Å². The first-order valence-corrected chi connectivity index (χ1v) is 8.62. The molecule has 1 aromatic heterocycles. The highest BCUT2D eigenvalue weighted by atomic mass is 127. The number of hydrogen-bond acceptors (Lipinski definition) is 7. The number of halogens is 1. The Hall–Kier alpha value is -2.75. The average molecular weight is 463 g/mol. The maximum atomic E-state index is 11.7. The van der Waals surface area contributed by atoms with Gasteiger partial charge in [-0.1, -0.05) is 0 Å². The van der Waals surface area contributed by atoms with Gasteiger partial charge in [0.15, 0.2) is 12.2 Å². The molecule has 0 bridgehead atoms. The smallest absolute Gasteiger partial charge is 0.341 e. The first kappa shape index (κ1) is 18.1. The second kappa shape index (κ2) is 8.09. The first-order valence-electron chi connectivity index (χ1n) is 7.54. The van der Waals surface area contributed by atoms with Crippen LogP contribution in [0.3, 0.4) is 0 Å². The number of benzene rings is 2. The number of nitrogens with zero attached hydrogens (tertiary/aromatic N) is 3. The fourth-order valence-corrected chi connectivity index (χ4v) is 2.95. The lowest BCUT2D eigenvalue weighted by Crippen LogP contribution is -2.03. The van der Waals surface area contributed by atoms with Gasteiger partial charge in [-0.05, 0) is 64.6 Å². The lowest BCUT2D eigenvalue weighted by Gasteiger charge is -2.07. The van der Waals surface area contributed by atoms with Crippen LogP contribution < -0.4 is 0 Å². The second-order valence-electron chi connectivity index (χ2n) is 5.28. The number of oxazole rings is 1. The Bertz CT molecular complexity index is 938. The van der Waals surface area contributed by atoms with Gasteiger partial charge in [-0.15, -0.1) is 0 Å². The summed E-state index contributed by atoms with van der Waals surface area (Å²) in [6.07, 6.45) is 3.02. The maximum absolute atomic E-state index is 11.7. The molecule has 0 aliphatic heterocycles. The van der Waals surface area contributed by atoms with Gasteiger partial charge in [0.05, 0.1) is 29.1 Å². The SMILES string of the molecule is COC(=O)c1cc(CN=Nc2ccc(-c3cnco3)cc2)cc(I)c1O. The standard InChI is InChI=1S/C18H14IN3O4/c1-25-18(24)14-6-11(7-15(19)17(14)23)8-21-22-13-4-2-12(3-5-13)16-9-20-10-26-16/h2-7,9-10,23H,8H2,1H3. The molecule has 0 atom stereocenters. The molecular weight excluding hydrogens is 449 g/mol. The van der Waals surface area contributed by atoms with Crippen molar-refractivity contribution in [3.63, 3.8) is 0 Å². The Balaban J connectivity index is 1.72. The van der Waals surface area contributed by atoms with Crippen LogP contribution in [0.5, 0.6) is 5.75 Å². The van der Waals surface area contributed by atoms with E-state index >= 15 is 0 Å². The summed E-state index contributed by atoms with van der Waals surface area (Å²) < 4.78 is 10.5. The number of hydrogen-bond donors (Lipinski definition) is 1. The van der Waals surface area contributed by atoms with Crippen LogP contribution in [0.4, 0.5) is 5.69 Å². The summed E-state index contributed by atoms with van der Waals surface area (Å²) in [5.41, 5.74) is 2.45. The minimum absolute atomic E-state index is 0.0962. The molecule has 8 heteroatoms. The molecular formula is C18H14IN3O4. The molecule has 0 fully saturated rings. The molecule has 1 N–H and O–H groups in total. The number of aromatic nitrogens is 1. The third kappa shape index (κ3) is 4.07. The third-order valence-electron chi connectivity index (χ3n) is 3.55. The highest BCUT2D eigenvalue weighted by molar-refractivity contribution is 14.1. The monoisotopic (exact) mass is 463 g/mol. The van der Waals surface area contributed by atoms with Gasteiger partial charge in [0, 0.05) is 5.56 Å². The van der Waals surface area contributed by atoms with Crippen molar-refractivity contribution in [3.05, 3.63) is 63.7 Å². The lowest BCUT2D eigenvalue weighted by atomic mass is 10.1. The molecule has 1 heterocycles. The van der Waals surface area contributed by atoms with Crippen molar-refractivity contribution < 1.29 is 19.1 Å². The molecule has 0 radical (unpaired) electrons. The van der Waals surface area contributed by atoms with E-state index in [1.54, 1.807) is 18.3 Å². The third-order valence-corrected chi connectivity index (χ3v) is 4.37. The van der Waals surface area contributed by atoms with Crippen LogP contribution in [-0.2, 0) is 11.3 Å². The number of ether oxygens (including phenoxy) is 1. The summed E-state index contributed by atoms with van der Waals surface area (Å²) in [4.78, 5) is 15.6. The molecule has 0 spiro atoms. The van der Waals surface area contributed by atoms with Gasteiger partial charge < -0.3 is 14.3 Å². The van der Waals surface area contributed by atoms with Crippen molar-refractivity contribution in [3.8, 4) is 17.1 Å². The predicted octanol–water partition coefficient (Wildman–Crippen LogP) is 4.72. The summed E-state index contributed by atoms with van der Waals surface area (Å²) in [5, 5.41) is 18.3. The summed E-state index contributed by atoms with van der Waals surface area (Å²) in [7, 11) is 1.27. The number of methoxy groups -OCH3 is 1. The number of rotatable bonds is 5. The topological polar surface area (TPSA) is 97.3 Å². The number of aromatic hydroxyl groups is 1. The zero-order valence-corrected chi connectivity index (χ0v) is 15.9. The number of azo groups is 1. The summed E-state index contributed by atoms with van der Waals surface area (Å²) in [5.74, 6) is -0.00847. The summed E-state index contributed by atoms with van der Waals surface area (Å²) >= 11 is 1.95. The first-order chi connectivity index (χ1) is 12.6. The highest BCUT2D eigenvalue weighted by Gasteiger charge is 2.15. The number of phenolic OH excluding ortho intramolecular Hbond substituents is 1. The van der Waals surface area contributed by atoms with Crippen LogP contribution >= 0.6 is 22.6 Å². The molecule has 7 nitrogen and oxygen atoms in total. The van der Waals surface area contributed by atoms with Crippen LogP contribution in [0.2, 0.25) is 0 Å². The zero-order valence-electron chi connectivity index (χ0n) is 13.7. The Morgan fingerprint density at radius 2 is 2.08 bits per heavy atom. The van der Waals surface area contributed by atoms with Crippen LogP contribution in [0.25, 0.3) is 11.3 Å². The van der Waals surface area contributed by atoms with Crippen molar-refractivity contribution in [1.82, 2.24) is 4.98 Å².